The molecule has 3 heteroatoms. The van der Waals surface area contributed by atoms with E-state index in [2.05, 4.69) is 62.0 Å². The van der Waals surface area contributed by atoms with Crippen LogP contribution in [0.5, 0.6) is 0 Å². The SMILES string of the molecule is Cc1ccc(CN2CCC[C@H]2c2cc(C(C)C)no2)cc1C. The third-order valence-corrected chi connectivity index (χ3v) is 4.79. The summed E-state index contributed by atoms with van der Waals surface area (Å²) in [4.78, 5) is 2.52. The Bertz CT molecular complexity index is 645. The molecule has 3 rings (SSSR count). The number of nitrogens with zero attached hydrogens (tertiary/aromatic N) is 2. The van der Waals surface area contributed by atoms with Crippen molar-refractivity contribution in [1.29, 1.82) is 0 Å². The molecule has 1 aliphatic rings. The monoisotopic (exact) mass is 298 g/mol. The van der Waals surface area contributed by atoms with Crippen LogP contribution in [0.2, 0.25) is 0 Å². The number of aryl methyl sites for hydroxylation is 2. The predicted octanol–water partition coefficient (Wildman–Crippen LogP) is 4.75. The van der Waals surface area contributed by atoms with Crippen molar-refractivity contribution in [2.24, 2.45) is 0 Å². The second kappa shape index (κ2) is 6.25. The molecule has 1 saturated heterocycles. The van der Waals surface area contributed by atoms with Crippen molar-refractivity contribution >= 4 is 0 Å². The summed E-state index contributed by atoms with van der Waals surface area (Å²) in [6, 6.07) is 9.30. The zero-order valence-corrected chi connectivity index (χ0v) is 14.1. The van der Waals surface area contributed by atoms with Crippen molar-refractivity contribution in [1.82, 2.24) is 10.1 Å². The maximum absolute atomic E-state index is 5.63. The maximum atomic E-state index is 5.63. The molecule has 0 bridgehead atoms. The first-order valence-corrected chi connectivity index (χ1v) is 8.31. The van der Waals surface area contributed by atoms with Gasteiger partial charge in [0.15, 0.2) is 5.76 Å². The van der Waals surface area contributed by atoms with Gasteiger partial charge < -0.3 is 4.52 Å². The van der Waals surface area contributed by atoms with Gasteiger partial charge in [-0.25, -0.2) is 0 Å². The van der Waals surface area contributed by atoms with Gasteiger partial charge in [-0.05, 0) is 55.8 Å². The van der Waals surface area contributed by atoms with Crippen molar-refractivity contribution in [2.75, 3.05) is 6.54 Å². The molecule has 0 N–H and O–H groups in total. The van der Waals surface area contributed by atoms with Gasteiger partial charge in [-0.3, -0.25) is 4.90 Å². The zero-order chi connectivity index (χ0) is 15.7. The van der Waals surface area contributed by atoms with Crippen LogP contribution in [0, 0.1) is 13.8 Å². The van der Waals surface area contributed by atoms with E-state index in [0.29, 0.717) is 12.0 Å². The van der Waals surface area contributed by atoms with Gasteiger partial charge in [0.2, 0.25) is 0 Å². The molecule has 0 aliphatic carbocycles. The Hall–Kier alpha value is -1.61. The summed E-state index contributed by atoms with van der Waals surface area (Å²) in [7, 11) is 0. The summed E-state index contributed by atoms with van der Waals surface area (Å²) in [6.07, 6.45) is 2.39. The van der Waals surface area contributed by atoms with Crippen molar-refractivity contribution in [3.05, 3.63) is 52.4 Å². The van der Waals surface area contributed by atoms with Crippen molar-refractivity contribution in [2.45, 2.75) is 59.0 Å². The first-order valence-electron chi connectivity index (χ1n) is 8.31. The smallest absolute Gasteiger partial charge is 0.154 e. The lowest BCUT2D eigenvalue weighted by molar-refractivity contribution is 0.206. The quantitative estimate of drug-likeness (QED) is 0.815. The molecule has 1 aliphatic heterocycles. The average molecular weight is 298 g/mol. The minimum Gasteiger partial charge on any atom is -0.359 e. The summed E-state index contributed by atoms with van der Waals surface area (Å²) in [5.74, 6) is 1.46. The number of aromatic nitrogens is 1. The summed E-state index contributed by atoms with van der Waals surface area (Å²) >= 11 is 0. The normalized spacial score (nSPS) is 19.2. The molecule has 0 amide bonds. The standard InChI is InChI=1S/C19H26N2O/c1-13(2)17-11-19(22-20-17)18-6-5-9-21(18)12-16-8-7-14(3)15(4)10-16/h7-8,10-11,13,18H,5-6,9,12H2,1-4H3/t18-/m0/s1. The lowest BCUT2D eigenvalue weighted by atomic mass is 10.0. The van der Waals surface area contributed by atoms with Crippen LogP contribution in [-0.4, -0.2) is 16.6 Å². The third-order valence-electron chi connectivity index (χ3n) is 4.79. The minimum absolute atomic E-state index is 0.376. The fourth-order valence-corrected chi connectivity index (χ4v) is 3.21. The third kappa shape index (κ3) is 3.09. The number of hydrogen-bond donors (Lipinski definition) is 0. The van der Waals surface area contributed by atoms with Gasteiger partial charge in [-0.15, -0.1) is 0 Å². The largest absolute Gasteiger partial charge is 0.359 e. The highest BCUT2D eigenvalue weighted by Gasteiger charge is 2.29. The van der Waals surface area contributed by atoms with E-state index in [0.717, 1.165) is 31.0 Å². The predicted molar refractivity (Wildman–Crippen MR) is 88.9 cm³/mol. The molecular formula is C19H26N2O. The van der Waals surface area contributed by atoms with E-state index in [1.165, 1.54) is 23.1 Å². The molecule has 0 spiro atoms. The van der Waals surface area contributed by atoms with Crippen LogP contribution in [0.15, 0.2) is 28.8 Å². The Kier molecular flexibility index (Phi) is 4.34. The van der Waals surface area contributed by atoms with Crippen LogP contribution in [0.3, 0.4) is 0 Å². The van der Waals surface area contributed by atoms with Crippen LogP contribution in [-0.2, 0) is 6.54 Å². The van der Waals surface area contributed by atoms with E-state index in [-0.39, 0.29) is 0 Å². The van der Waals surface area contributed by atoms with Crippen LogP contribution in [0.25, 0.3) is 0 Å². The molecule has 2 heterocycles. The Morgan fingerprint density at radius 2 is 2.05 bits per heavy atom. The van der Waals surface area contributed by atoms with Gasteiger partial charge in [-0.2, -0.15) is 0 Å². The van der Waals surface area contributed by atoms with Gasteiger partial charge in [0.05, 0.1) is 11.7 Å². The van der Waals surface area contributed by atoms with Crippen molar-refractivity contribution in [3.8, 4) is 0 Å². The highest BCUT2D eigenvalue weighted by atomic mass is 16.5. The molecular weight excluding hydrogens is 272 g/mol. The molecule has 0 radical (unpaired) electrons. The van der Waals surface area contributed by atoms with E-state index in [4.69, 9.17) is 4.52 Å². The summed E-state index contributed by atoms with van der Waals surface area (Å²) in [5, 5.41) is 4.23. The first kappa shape index (κ1) is 15.3. The molecule has 1 atom stereocenters. The second-order valence-corrected chi connectivity index (χ2v) is 6.86. The highest BCUT2D eigenvalue weighted by molar-refractivity contribution is 5.30. The van der Waals surface area contributed by atoms with Crippen LogP contribution in [0.1, 0.15) is 66.8 Å². The van der Waals surface area contributed by atoms with Crippen LogP contribution >= 0.6 is 0 Å². The molecule has 0 unspecified atom stereocenters. The van der Waals surface area contributed by atoms with E-state index < -0.39 is 0 Å². The van der Waals surface area contributed by atoms with Gasteiger partial charge in [-0.1, -0.05) is 37.2 Å². The number of hydrogen-bond acceptors (Lipinski definition) is 3. The number of benzene rings is 1. The van der Waals surface area contributed by atoms with Crippen molar-refractivity contribution in [3.63, 3.8) is 0 Å². The summed E-state index contributed by atoms with van der Waals surface area (Å²) < 4.78 is 5.63. The van der Waals surface area contributed by atoms with E-state index >= 15 is 0 Å². The fraction of sp³-hybridized carbons (Fsp3) is 0.526. The van der Waals surface area contributed by atoms with Crippen molar-refractivity contribution < 1.29 is 4.52 Å². The Labute approximate surface area is 133 Å². The van der Waals surface area contributed by atoms with Gasteiger partial charge in [0.1, 0.15) is 0 Å². The van der Waals surface area contributed by atoms with E-state index in [9.17, 15) is 0 Å². The van der Waals surface area contributed by atoms with Crippen LogP contribution in [0.4, 0.5) is 0 Å². The first-order chi connectivity index (χ1) is 10.5. The molecule has 118 valence electrons. The van der Waals surface area contributed by atoms with E-state index in [1.807, 2.05) is 0 Å². The average Bonchev–Trinajstić information content (AvgIpc) is 3.11. The topological polar surface area (TPSA) is 29.3 Å². The molecule has 1 aromatic carbocycles. The molecule has 2 aromatic rings. The zero-order valence-electron chi connectivity index (χ0n) is 14.1. The molecule has 0 saturated carbocycles. The Morgan fingerprint density at radius 3 is 2.73 bits per heavy atom. The Balaban J connectivity index is 1.76. The second-order valence-electron chi connectivity index (χ2n) is 6.86. The number of rotatable bonds is 4. The minimum atomic E-state index is 0.376. The van der Waals surface area contributed by atoms with Gasteiger partial charge in [0.25, 0.3) is 0 Å². The lowest BCUT2D eigenvalue weighted by Gasteiger charge is -2.22. The molecule has 1 fully saturated rings. The number of likely N-dealkylation sites (tertiary alicyclic amines) is 1. The van der Waals surface area contributed by atoms with E-state index in [1.54, 1.807) is 0 Å². The van der Waals surface area contributed by atoms with Gasteiger partial charge >= 0.3 is 0 Å². The summed E-state index contributed by atoms with van der Waals surface area (Å²) in [6.45, 7) is 10.8. The highest BCUT2D eigenvalue weighted by Crippen LogP contribution is 2.34. The molecule has 3 nitrogen and oxygen atoms in total. The lowest BCUT2D eigenvalue weighted by Crippen LogP contribution is -2.22. The Morgan fingerprint density at radius 1 is 1.23 bits per heavy atom. The summed E-state index contributed by atoms with van der Waals surface area (Å²) in [5.41, 5.74) is 5.18. The molecule has 22 heavy (non-hydrogen) atoms. The molecule has 1 aromatic heterocycles. The van der Waals surface area contributed by atoms with Crippen LogP contribution < -0.4 is 0 Å². The fourth-order valence-electron chi connectivity index (χ4n) is 3.21. The maximum Gasteiger partial charge on any atom is 0.154 e. The van der Waals surface area contributed by atoms with Gasteiger partial charge in [0, 0.05) is 12.6 Å².